The summed E-state index contributed by atoms with van der Waals surface area (Å²) in [4.78, 5) is 36.6. The van der Waals surface area contributed by atoms with Gasteiger partial charge in [0.05, 0.1) is 23.8 Å². The lowest BCUT2D eigenvalue weighted by Gasteiger charge is -2.36. The van der Waals surface area contributed by atoms with Gasteiger partial charge in [-0.15, -0.1) is 0 Å². The van der Waals surface area contributed by atoms with Crippen molar-refractivity contribution in [2.75, 3.05) is 31.6 Å². The van der Waals surface area contributed by atoms with Crippen LogP contribution in [0.4, 0.5) is 5.69 Å². The Balaban J connectivity index is 1.27. The van der Waals surface area contributed by atoms with Gasteiger partial charge in [0.2, 0.25) is 5.91 Å². The van der Waals surface area contributed by atoms with E-state index in [0.717, 1.165) is 82.7 Å². The Labute approximate surface area is 330 Å². The molecule has 2 aliphatic rings. The molecular weight excluding hydrogens is 701 g/mol. The first-order valence-electron chi connectivity index (χ1n) is 20.2. The molecule has 5 aromatic rings. The zero-order valence-corrected chi connectivity index (χ0v) is 33.5. The summed E-state index contributed by atoms with van der Waals surface area (Å²) in [6.07, 6.45) is 4.34. The molecule has 2 amide bonds. The number of aryl methyl sites for hydroxylation is 3. The molecule has 0 spiro atoms. The predicted octanol–water partition coefficient (Wildman–Crippen LogP) is 6.70. The van der Waals surface area contributed by atoms with Crippen LogP contribution in [0, 0.1) is 6.92 Å². The number of anilines is 1. The second-order valence-corrected chi connectivity index (χ2v) is 15.6. The van der Waals surface area contributed by atoms with Crippen molar-refractivity contribution in [1.29, 1.82) is 0 Å². The van der Waals surface area contributed by atoms with Crippen LogP contribution >= 0.6 is 0 Å². The Morgan fingerprint density at radius 1 is 0.946 bits per heavy atom. The van der Waals surface area contributed by atoms with Crippen LogP contribution in [-0.4, -0.2) is 80.8 Å². The molecule has 11 nitrogen and oxygen atoms in total. The topological polar surface area (TPSA) is 131 Å². The van der Waals surface area contributed by atoms with E-state index in [1.165, 1.54) is 5.56 Å². The van der Waals surface area contributed by atoms with Gasteiger partial charge in [0.15, 0.2) is 5.65 Å². The zero-order valence-electron chi connectivity index (χ0n) is 33.5. The van der Waals surface area contributed by atoms with E-state index in [4.69, 9.17) is 20.6 Å². The van der Waals surface area contributed by atoms with Crippen LogP contribution in [0.3, 0.4) is 0 Å². The molecule has 3 aromatic carbocycles. The number of nitrogens with two attached hydrogens (primary N) is 1. The Morgan fingerprint density at radius 2 is 1.68 bits per heavy atom. The van der Waals surface area contributed by atoms with Crippen LogP contribution < -0.4 is 16.4 Å². The number of benzene rings is 3. The number of fused-ring (bicyclic) bond motifs is 1. The lowest BCUT2D eigenvalue weighted by atomic mass is 9.97. The Bertz CT molecular complexity index is 2180. The first-order chi connectivity index (χ1) is 27.1. The second-order valence-electron chi connectivity index (χ2n) is 15.6. The van der Waals surface area contributed by atoms with Crippen LogP contribution in [0.2, 0.25) is 0 Å². The minimum Gasteiger partial charge on any atom is -0.381 e. The summed E-state index contributed by atoms with van der Waals surface area (Å²) < 4.78 is 7.63. The molecule has 0 bridgehead atoms. The van der Waals surface area contributed by atoms with Gasteiger partial charge in [-0.25, -0.2) is 9.67 Å². The van der Waals surface area contributed by atoms with Crippen molar-refractivity contribution in [2.24, 2.45) is 5.73 Å². The summed E-state index contributed by atoms with van der Waals surface area (Å²) in [5.41, 5.74) is 15.7. The van der Waals surface area contributed by atoms with Gasteiger partial charge in [-0.1, -0.05) is 43.3 Å². The zero-order chi connectivity index (χ0) is 39.3. The number of hydrogen-bond acceptors (Lipinski definition) is 8. The molecule has 2 saturated heterocycles. The van der Waals surface area contributed by atoms with E-state index in [-0.39, 0.29) is 11.9 Å². The van der Waals surface area contributed by atoms with E-state index < -0.39 is 5.91 Å². The number of hydrogen-bond donors (Lipinski definition) is 3. The van der Waals surface area contributed by atoms with Crippen LogP contribution in [0.5, 0.6) is 0 Å². The number of ether oxygens (including phenoxy) is 1. The highest BCUT2D eigenvalue weighted by Gasteiger charge is 2.27. The van der Waals surface area contributed by atoms with Crippen molar-refractivity contribution < 1.29 is 14.3 Å². The summed E-state index contributed by atoms with van der Waals surface area (Å²) in [7, 11) is 0. The molecule has 2 aromatic heterocycles. The largest absolute Gasteiger partial charge is 0.381 e. The monoisotopic (exact) mass is 756 g/mol. The number of carbonyl (C=O) groups excluding carboxylic acids is 2. The molecule has 11 heteroatoms. The lowest BCUT2D eigenvalue weighted by molar-refractivity contribution is 0.0729. The second kappa shape index (κ2) is 17.4. The number of rotatable bonds is 13. The molecule has 2 aliphatic heterocycles. The fourth-order valence-corrected chi connectivity index (χ4v) is 8.36. The van der Waals surface area contributed by atoms with E-state index in [1.807, 2.05) is 15.8 Å². The summed E-state index contributed by atoms with van der Waals surface area (Å²) >= 11 is 0. The number of pyridine rings is 1. The van der Waals surface area contributed by atoms with E-state index in [2.05, 4.69) is 92.6 Å². The van der Waals surface area contributed by atoms with Crippen LogP contribution in [0.25, 0.3) is 22.2 Å². The first-order valence-corrected chi connectivity index (χ1v) is 20.2. The molecule has 294 valence electrons. The minimum atomic E-state index is -0.572. The van der Waals surface area contributed by atoms with E-state index in [1.54, 1.807) is 24.3 Å². The summed E-state index contributed by atoms with van der Waals surface area (Å²) in [6.45, 7) is 16.4. The van der Waals surface area contributed by atoms with Crippen molar-refractivity contribution in [3.63, 3.8) is 0 Å². The quantitative estimate of drug-likeness (QED) is 0.121. The van der Waals surface area contributed by atoms with Gasteiger partial charge < -0.3 is 26.0 Å². The van der Waals surface area contributed by atoms with Gasteiger partial charge >= 0.3 is 0 Å². The van der Waals surface area contributed by atoms with Gasteiger partial charge in [0.25, 0.3) is 5.91 Å². The average molecular weight is 757 g/mol. The number of amides is 2. The number of aromatic nitrogens is 3. The molecule has 2 atom stereocenters. The minimum absolute atomic E-state index is 0.192. The maximum absolute atomic E-state index is 14.8. The average Bonchev–Trinajstić information content (AvgIpc) is 3.61. The molecule has 56 heavy (non-hydrogen) atoms. The fraction of sp³-hybridized carbons (Fsp3) is 0.422. The van der Waals surface area contributed by atoms with Gasteiger partial charge in [0, 0.05) is 86.4 Å². The molecule has 0 saturated carbocycles. The third-order valence-electron chi connectivity index (χ3n) is 11.2. The summed E-state index contributed by atoms with van der Waals surface area (Å²) in [5.74, 6) is -0.764. The van der Waals surface area contributed by atoms with Crippen molar-refractivity contribution >= 4 is 28.5 Å². The van der Waals surface area contributed by atoms with Gasteiger partial charge in [0.1, 0.15) is 0 Å². The van der Waals surface area contributed by atoms with Gasteiger partial charge in [-0.3, -0.25) is 14.5 Å². The SMILES string of the molecule is CCc1nc2c(cnn2CC)c(NC2CCOCC2)c1CN(Cc1cc(-c2cccc(CN3C[C@@H](C)N[C@@H](C)C3)c2)ccc1C)C(=O)c1cccc(C(N)=O)c1. The van der Waals surface area contributed by atoms with E-state index in [9.17, 15) is 9.59 Å². The highest BCUT2D eigenvalue weighted by atomic mass is 16.5. The maximum atomic E-state index is 14.8. The first kappa shape index (κ1) is 39.1. The molecule has 2 fully saturated rings. The van der Waals surface area contributed by atoms with Crippen molar-refractivity contribution in [2.45, 2.75) is 98.2 Å². The number of carbonyl (C=O) groups is 2. The van der Waals surface area contributed by atoms with Crippen LogP contribution in [0.15, 0.2) is 72.9 Å². The Hall–Kier alpha value is -5.10. The number of nitrogens with zero attached hydrogens (tertiary/aromatic N) is 5. The van der Waals surface area contributed by atoms with Crippen molar-refractivity contribution in [3.05, 3.63) is 112 Å². The van der Waals surface area contributed by atoms with E-state index in [0.29, 0.717) is 62.5 Å². The lowest BCUT2D eigenvalue weighted by Crippen LogP contribution is -2.53. The highest BCUT2D eigenvalue weighted by molar-refractivity contribution is 5.99. The maximum Gasteiger partial charge on any atom is 0.254 e. The third kappa shape index (κ3) is 8.80. The summed E-state index contributed by atoms with van der Waals surface area (Å²) in [6, 6.07) is 23.2. The number of nitrogens with one attached hydrogen (secondary N) is 2. The van der Waals surface area contributed by atoms with Crippen LogP contribution in [0.1, 0.15) is 89.2 Å². The molecule has 0 radical (unpaired) electrons. The number of primary amides is 1. The van der Waals surface area contributed by atoms with E-state index >= 15 is 0 Å². The molecule has 0 aliphatic carbocycles. The van der Waals surface area contributed by atoms with Crippen LogP contribution in [-0.2, 0) is 37.3 Å². The number of piperazine rings is 1. The van der Waals surface area contributed by atoms with Gasteiger partial charge in [-0.05, 0) is 105 Å². The standard InChI is InChI=1S/C45H56N8O3/c1-6-41-40(42(49-38-16-18-56-19-17-38)39-23-47-53(7-2)44(39)50-41)28-52(45(55)36-13-9-12-35(22-36)43(46)54)27-37-21-34(15-14-29(37)3)33-11-8-10-32(20-33)26-51-24-30(4)48-31(5)25-51/h8-15,20-23,30-31,38,48H,6-7,16-19,24-28H2,1-5H3,(H2,46,54)(H,49,50)/t30-,31+. The molecule has 7 rings (SSSR count). The highest BCUT2D eigenvalue weighted by Crippen LogP contribution is 2.34. The van der Waals surface area contributed by atoms with Crippen molar-refractivity contribution in [1.82, 2.24) is 29.9 Å². The molecule has 0 unspecified atom stereocenters. The Kier molecular flexibility index (Phi) is 12.1. The third-order valence-corrected chi connectivity index (χ3v) is 11.2. The Morgan fingerprint density at radius 3 is 2.41 bits per heavy atom. The summed E-state index contributed by atoms with van der Waals surface area (Å²) in [5, 5.41) is 13.1. The molecule has 4 heterocycles. The normalized spacial score (nSPS) is 17.9. The van der Waals surface area contributed by atoms with Gasteiger partial charge in [-0.2, -0.15) is 5.10 Å². The molecule has 4 N–H and O–H groups in total. The predicted molar refractivity (Wildman–Crippen MR) is 223 cm³/mol. The van der Waals surface area contributed by atoms with Crippen molar-refractivity contribution in [3.8, 4) is 11.1 Å². The molecular formula is C45H56N8O3. The fourth-order valence-electron chi connectivity index (χ4n) is 8.36. The smallest absolute Gasteiger partial charge is 0.254 e.